The topological polar surface area (TPSA) is 97.6 Å². The van der Waals surface area contributed by atoms with Crippen molar-refractivity contribution in [2.24, 2.45) is 0 Å². The van der Waals surface area contributed by atoms with Crippen molar-refractivity contribution in [3.8, 4) is 17.6 Å². The van der Waals surface area contributed by atoms with Crippen LogP contribution in [0.5, 0.6) is 11.5 Å². The molecule has 2 aromatic rings. The van der Waals surface area contributed by atoms with Gasteiger partial charge in [-0.15, -0.1) is 0 Å². The molecule has 2 aromatic carbocycles. The average Bonchev–Trinajstić information content (AvgIpc) is 2.71. The Hall–Kier alpha value is -3.50. The number of nitrogens with one attached hydrogen (secondary N) is 1. The van der Waals surface area contributed by atoms with Crippen molar-refractivity contribution in [2.45, 2.75) is 0 Å². The molecule has 1 amide bonds. The Morgan fingerprint density at radius 3 is 2.46 bits per heavy atom. The summed E-state index contributed by atoms with van der Waals surface area (Å²) in [4.78, 5) is 24.1. The molecule has 0 heterocycles. The van der Waals surface area contributed by atoms with Gasteiger partial charge in [0.25, 0.3) is 5.91 Å². The van der Waals surface area contributed by atoms with E-state index < -0.39 is 18.5 Å². The van der Waals surface area contributed by atoms with Crippen LogP contribution in [-0.2, 0) is 14.3 Å². The molecular formula is C20H17ClN2O5. The van der Waals surface area contributed by atoms with E-state index >= 15 is 0 Å². The minimum Gasteiger partial charge on any atom is -0.497 e. The monoisotopic (exact) mass is 400 g/mol. The van der Waals surface area contributed by atoms with E-state index in [1.165, 1.54) is 26.4 Å². The van der Waals surface area contributed by atoms with Crippen LogP contribution >= 0.6 is 11.6 Å². The third-order valence-corrected chi connectivity index (χ3v) is 3.77. The lowest BCUT2D eigenvalue weighted by Crippen LogP contribution is -2.21. The Labute approximate surface area is 167 Å². The maximum Gasteiger partial charge on any atom is 0.349 e. The molecule has 0 aliphatic carbocycles. The number of anilines is 1. The average molecular weight is 401 g/mol. The molecule has 144 valence electrons. The summed E-state index contributed by atoms with van der Waals surface area (Å²) in [6.07, 6.45) is 1.36. The molecule has 0 aliphatic heterocycles. The first-order valence-corrected chi connectivity index (χ1v) is 8.41. The maximum atomic E-state index is 12.1. The number of carbonyl (C=O) groups excluding carboxylic acids is 2. The molecule has 0 saturated carbocycles. The van der Waals surface area contributed by atoms with Gasteiger partial charge in [-0.1, -0.05) is 23.7 Å². The fourth-order valence-corrected chi connectivity index (χ4v) is 2.35. The second-order valence-corrected chi connectivity index (χ2v) is 5.85. The SMILES string of the molecule is COc1ccc(/C=C(\C#N)C(=O)OCC(=O)Nc2cc(Cl)ccc2OC)cc1. The normalized spacial score (nSPS) is 10.6. The molecular weight excluding hydrogens is 384 g/mol. The number of methoxy groups -OCH3 is 2. The van der Waals surface area contributed by atoms with Crippen molar-refractivity contribution in [1.82, 2.24) is 0 Å². The summed E-state index contributed by atoms with van der Waals surface area (Å²) in [6.45, 7) is -0.573. The number of ether oxygens (including phenoxy) is 3. The van der Waals surface area contributed by atoms with Crippen molar-refractivity contribution in [1.29, 1.82) is 5.26 Å². The van der Waals surface area contributed by atoms with Gasteiger partial charge in [-0.2, -0.15) is 5.26 Å². The minimum atomic E-state index is -0.911. The molecule has 1 N–H and O–H groups in total. The van der Waals surface area contributed by atoms with E-state index in [2.05, 4.69) is 5.32 Å². The van der Waals surface area contributed by atoms with Gasteiger partial charge in [0.1, 0.15) is 23.1 Å². The molecule has 8 heteroatoms. The number of carbonyl (C=O) groups is 2. The molecule has 2 rings (SSSR count). The lowest BCUT2D eigenvalue weighted by Gasteiger charge is -2.10. The zero-order chi connectivity index (χ0) is 20.5. The molecule has 0 bridgehead atoms. The summed E-state index contributed by atoms with van der Waals surface area (Å²) in [5.74, 6) is -0.463. The molecule has 0 aliphatic rings. The largest absolute Gasteiger partial charge is 0.497 e. The fraction of sp³-hybridized carbons (Fsp3) is 0.150. The van der Waals surface area contributed by atoms with Crippen molar-refractivity contribution < 1.29 is 23.8 Å². The first kappa shape index (κ1) is 20.8. The van der Waals surface area contributed by atoms with Crippen LogP contribution in [0.4, 0.5) is 5.69 Å². The highest BCUT2D eigenvalue weighted by atomic mass is 35.5. The smallest absolute Gasteiger partial charge is 0.349 e. The number of benzene rings is 2. The Morgan fingerprint density at radius 1 is 1.14 bits per heavy atom. The second-order valence-electron chi connectivity index (χ2n) is 5.41. The van der Waals surface area contributed by atoms with E-state index in [9.17, 15) is 14.9 Å². The Kier molecular flexibility index (Phi) is 7.43. The highest BCUT2D eigenvalue weighted by Crippen LogP contribution is 2.27. The first-order chi connectivity index (χ1) is 13.5. The van der Waals surface area contributed by atoms with E-state index in [1.807, 2.05) is 0 Å². The second kappa shape index (κ2) is 10.00. The Balaban J connectivity index is 1.99. The molecule has 0 radical (unpaired) electrons. The van der Waals surface area contributed by atoms with Crippen LogP contribution in [0.2, 0.25) is 5.02 Å². The zero-order valence-corrected chi connectivity index (χ0v) is 15.9. The first-order valence-electron chi connectivity index (χ1n) is 8.03. The summed E-state index contributed by atoms with van der Waals surface area (Å²) in [7, 11) is 2.98. The van der Waals surface area contributed by atoms with Gasteiger partial charge in [0.2, 0.25) is 0 Å². The van der Waals surface area contributed by atoms with Crippen LogP contribution in [-0.4, -0.2) is 32.7 Å². The number of amides is 1. The molecule has 28 heavy (non-hydrogen) atoms. The van der Waals surface area contributed by atoms with E-state index in [4.69, 9.17) is 25.8 Å². The molecule has 0 fully saturated rings. The number of hydrogen-bond donors (Lipinski definition) is 1. The van der Waals surface area contributed by atoms with Gasteiger partial charge in [-0.05, 0) is 42.0 Å². The standard InChI is InChI=1S/C20H17ClN2O5/c1-26-16-6-3-13(4-7-16)9-14(11-22)20(25)28-12-19(24)23-17-10-15(21)5-8-18(17)27-2/h3-10H,12H2,1-2H3,(H,23,24)/b14-9+. The van der Waals surface area contributed by atoms with E-state index in [1.54, 1.807) is 42.5 Å². The van der Waals surface area contributed by atoms with Gasteiger partial charge in [-0.3, -0.25) is 4.79 Å². The fourth-order valence-electron chi connectivity index (χ4n) is 2.18. The molecule has 0 spiro atoms. The predicted molar refractivity (Wildman–Crippen MR) is 104 cm³/mol. The van der Waals surface area contributed by atoms with Crippen LogP contribution in [0, 0.1) is 11.3 Å². The molecule has 0 saturated heterocycles. The number of hydrogen-bond acceptors (Lipinski definition) is 6. The zero-order valence-electron chi connectivity index (χ0n) is 15.2. The number of nitrogens with zero attached hydrogens (tertiary/aromatic N) is 1. The quantitative estimate of drug-likeness (QED) is 0.434. The summed E-state index contributed by atoms with van der Waals surface area (Å²) in [6, 6.07) is 13.2. The summed E-state index contributed by atoms with van der Waals surface area (Å²) < 4.78 is 15.1. The van der Waals surface area contributed by atoms with Gasteiger partial charge < -0.3 is 19.5 Å². The van der Waals surface area contributed by atoms with Gasteiger partial charge in [0.05, 0.1) is 19.9 Å². The van der Waals surface area contributed by atoms with Crippen LogP contribution in [0.3, 0.4) is 0 Å². The number of rotatable bonds is 7. The molecule has 7 nitrogen and oxygen atoms in total. The van der Waals surface area contributed by atoms with Crippen LogP contribution in [0.25, 0.3) is 6.08 Å². The van der Waals surface area contributed by atoms with Gasteiger partial charge in [0.15, 0.2) is 6.61 Å². The van der Waals surface area contributed by atoms with Crippen molar-refractivity contribution >= 4 is 35.2 Å². The maximum absolute atomic E-state index is 12.1. The Bertz CT molecular complexity index is 933. The van der Waals surface area contributed by atoms with E-state index in [0.29, 0.717) is 27.8 Å². The van der Waals surface area contributed by atoms with E-state index in [0.717, 1.165) is 0 Å². The summed E-state index contributed by atoms with van der Waals surface area (Å²) in [5, 5.41) is 12.1. The molecule has 0 atom stereocenters. The molecule has 0 unspecified atom stereocenters. The lowest BCUT2D eigenvalue weighted by atomic mass is 10.1. The van der Waals surface area contributed by atoms with Gasteiger partial charge >= 0.3 is 5.97 Å². The van der Waals surface area contributed by atoms with Crippen LogP contribution in [0.1, 0.15) is 5.56 Å². The van der Waals surface area contributed by atoms with Crippen molar-refractivity contribution in [2.75, 3.05) is 26.1 Å². The highest BCUT2D eigenvalue weighted by Gasteiger charge is 2.14. The Morgan fingerprint density at radius 2 is 1.86 bits per heavy atom. The third kappa shape index (κ3) is 5.76. The van der Waals surface area contributed by atoms with Crippen LogP contribution in [0.15, 0.2) is 48.0 Å². The lowest BCUT2D eigenvalue weighted by molar-refractivity contribution is -0.142. The summed E-state index contributed by atoms with van der Waals surface area (Å²) in [5.41, 5.74) is 0.714. The third-order valence-electron chi connectivity index (χ3n) is 3.54. The number of halogens is 1. The predicted octanol–water partition coefficient (Wildman–Crippen LogP) is 3.45. The highest BCUT2D eigenvalue weighted by molar-refractivity contribution is 6.31. The van der Waals surface area contributed by atoms with E-state index in [-0.39, 0.29) is 5.57 Å². The number of esters is 1. The summed E-state index contributed by atoms with van der Waals surface area (Å²) >= 11 is 5.90. The van der Waals surface area contributed by atoms with Crippen LogP contribution < -0.4 is 14.8 Å². The molecule has 0 aromatic heterocycles. The van der Waals surface area contributed by atoms with Crippen molar-refractivity contribution in [3.63, 3.8) is 0 Å². The minimum absolute atomic E-state index is 0.238. The number of nitriles is 1. The van der Waals surface area contributed by atoms with Gasteiger partial charge in [-0.25, -0.2) is 4.79 Å². The van der Waals surface area contributed by atoms with Crippen molar-refractivity contribution in [3.05, 3.63) is 58.6 Å². The van der Waals surface area contributed by atoms with Gasteiger partial charge in [0, 0.05) is 5.02 Å².